The standard InChI is InChI=1S/3C34H35N4O5.Fe.Mg.9Na.3H2O.Zn/c3*1-7-20-16(3)24-13-26-18(5)22(10-9-11-39)32(37-26)23(12-30(40)41)33-31(34(42)43)19(6)27(38-33)15-29-21(8-2)17(4)25(36-29)14-28(20)35-24;;;;;;;;;;;;;;;/h3*7,13-15,18,22H,1,8-10,12H2,2-6H3,(H4,35,36,37,38,40,41,42,43);;;;;;;;;;;;3*1H2;/q3*-1;2*+2;9*+1;;;;+2/p-9/t3*18-,22?;;;;;;;;;;;;;;;/m000.............../s1. The molecule has 0 aromatic carbocycles. The third kappa shape index (κ3) is 29.7. The molecule has 6 aliphatic rings. The summed E-state index contributed by atoms with van der Waals surface area (Å²) in [6.07, 6.45) is 12.5. The van der Waals surface area contributed by atoms with Gasteiger partial charge >= 0.3 is 326 Å². The van der Waals surface area contributed by atoms with Crippen molar-refractivity contribution in [3.05, 3.63) is 226 Å². The summed E-state index contributed by atoms with van der Waals surface area (Å²) in [4.78, 5) is 166. The fourth-order valence-electron chi connectivity index (χ4n) is 18.8. The minimum atomic E-state index is -1.48. The maximum absolute atomic E-state index is 12.5. The largest absolute Gasteiger partial charge is 2.00 e. The molecule has 0 aliphatic carbocycles. The summed E-state index contributed by atoms with van der Waals surface area (Å²) in [5, 5.41) is 73.8. The quantitative estimate of drug-likeness (QED) is 0.0308. The number of aromatic carboxylic acids is 3. The van der Waals surface area contributed by atoms with Crippen molar-refractivity contribution in [1.29, 1.82) is 0 Å². The molecule has 0 radical (unpaired) electrons. The van der Waals surface area contributed by atoms with Gasteiger partial charge in [0.1, 0.15) is 0 Å². The maximum atomic E-state index is 12.5. The second-order valence-corrected chi connectivity index (χ2v) is 33.2. The number of carboxylic acid groups (broad SMARTS) is 6. The van der Waals surface area contributed by atoms with Gasteiger partial charge in [-0.05, 0) is 165 Å². The Bertz CT molecular complexity index is 6410. The third-order valence-corrected chi connectivity index (χ3v) is 26.0. The molecule has 0 saturated heterocycles. The Kier molecular flexibility index (Phi) is 62.9. The van der Waals surface area contributed by atoms with E-state index < -0.39 is 72.8 Å². The number of carbonyl (C=O) groups is 6. The number of allylic oxidation sites excluding steroid dienone is 6. The summed E-state index contributed by atoms with van der Waals surface area (Å²) in [5.74, 6) is -10.6. The molecular formula is C102H102FeMgN12Na9O18Zn+3. The van der Waals surface area contributed by atoms with Crippen molar-refractivity contribution >= 4 is 196 Å². The van der Waals surface area contributed by atoms with E-state index in [0.29, 0.717) is 156 Å². The summed E-state index contributed by atoms with van der Waals surface area (Å²) < 4.78 is 0. The van der Waals surface area contributed by atoms with Crippen molar-refractivity contribution < 1.29 is 393 Å². The van der Waals surface area contributed by atoms with Gasteiger partial charge in [0.15, 0.2) is 0 Å². The number of fused-ring (bicyclic) bond motifs is 24. The molecule has 144 heavy (non-hydrogen) atoms. The molecule has 9 N–H and O–H groups in total. The average molecular weight is 2140 g/mol. The van der Waals surface area contributed by atoms with Gasteiger partial charge in [0.05, 0.1) is 52.1 Å². The summed E-state index contributed by atoms with van der Waals surface area (Å²) >= 11 is 0. The number of nitrogens with zero attached hydrogens (tertiary/aromatic N) is 12. The number of rotatable bonds is 24. The van der Waals surface area contributed by atoms with Crippen molar-refractivity contribution in [2.75, 3.05) is 0 Å². The Labute approximate surface area is 1070 Å². The molecule has 0 spiro atoms. The van der Waals surface area contributed by atoms with Crippen LogP contribution in [-0.4, -0.2) is 108 Å². The van der Waals surface area contributed by atoms with Gasteiger partial charge in [0, 0.05) is 107 Å². The zero-order valence-electron chi connectivity index (χ0n) is 87.0. The fourth-order valence-corrected chi connectivity index (χ4v) is 18.8. The Morgan fingerprint density at radius 1 is 0.340 bits per heavy atom. The topological polar surface area (TPSA) is 553 Å². The zero-order chi connectivity index (χ0) is 93.5. The molecule has 3 unspecified atom stereocenters. The number of aromatic nitrogens is 12. The van der Waals surface area contributed by atoms with E-state index in [0.717, 1.165) is 83.9 Å². The van der Waals surface area contributed by atoms with E-state index in [4.69, 9.17) is 44.9 Å². The van der Waals surface area contributed by atoms with Crippen molar-refractivity contribution in [3.63, 3.8) is 0 Å². The van der Waals surface area contributed by atoms with Gasteiger partial charge < -0.3 is 120 Å². The minimum Gasteiger partial charge on any atom is -0.657 e. The van der Waals surface area contributed by atoms with Crippen LogP contribution in [0.1, 0.15) is 322 Å². The van der Waals surface area contributed by atoms with Crippen LogP contribution in [0.4, 0.5) is 0 Å². The van der Waals surface area contributed by atoms with Crippen LogP contribution >= 0.6 is 0 Å². The number of aryl methyl sites for hydroxylation is 6. The predicted octanol–water partition coefficient (Wildman–Crippen LogP) is -19.3. The molecule has 0 fully saturated rings. The van der Waals surface area contributed by atoms with Gasteiger partial charge in [0.25, 0.3) is 0 Å². The van der Waals surface area contributed by atoms with Crippen molar-refractivity contribution in [2.24, 2.45) is 0 Å². The SMILES string of the molecule is C=Cc1c(C)c2cc3nc(c(CC(=O)[O-])c4[n-]c(cc5nc(cc1[n-]2)C(C)=C5CC)c(C)c4C(=O)[O-])C(CC[C-]=O)[C@@H]3C.C=Cc1c(C)c2cc3nc(c(CC(=O)[O-])c4[n-]c(cc5nc(cc1[n-]2)C(C)=C5CC)c(C)c4C(=O)[O-])C(CC[C-]=O)[C@@H]3C.C=Cc1c(C)c2cc3nc(c(CC(=O)[O-])c4[n-]c(cc5nc(cc1[n-]2)C(C)=C5CC)c(C)c4C(=O)[O-])C(CC[C-]=O)[C@@H]3C.[Fe+2].[Mg+2].[Na+].[Na+].[Na+].[Na+].[Na+].[Na+].[Na+].[Na+].[Na+].[OH3+].[OH3+].[OH3+].[Zn+2]. The first-order valence-electron chi connectivity index (χ1n) is 42.8. The molecule has 24 bridgehead atoms. The fraction of sp³-hybridized carbons (Fsp3) is 0.324. The second-order valence-electron chi connectivity index (χ2n) is 33.2. The Morgan fingerprint density at radius 2 is 0.549 bits per heavy atom. The van der Waals surface area contributed by atoms with Gasteiger partial charge in [-0.15, -0.1) is 66.2 Å². The molecule has 42 heteroatoms. The van der Waals surface area contributed by atoms with Crippen LogP contribution in [0.15, 0.2) is 74.3 Å². The molecule has 0 saturated carbocycles. The van der Waals surface area contributed by atoms with Crippen molar-refractivity contribution in [1.82, 2.24) is 59.8 Å². The zero-order valence-corrected chi connectivity index (χ0v) is 110. The first kappa shape index (κ1) is 145. The molecule has 15 heterocycles. The molecule has 696 valence electrons. The molecule has 6 aliphatic heterocycles. The molecular weight excluding hydrogens is 2030 g/mol. The van der Waals surface area contributed by atoms with Gasteiger partial charge in [-0.1, -0.05) is 187 Å². The average Bonchev–Trinajstić information content (AvgIpc) is 1.61. The van der Waals surface area contributed by atoms with Crippen molar-refractivity contribution in [2.45, 2.75) is 216 Å². The number of hydrogen-bond acceptors (Lipinski definition) is 21. The van der Waals surface area contributed by atoms with E-state index in [-0.39, 0.29) is 429 Å². The summed E-state index contributed by atoms with van der Waals surface area (Å²) in [6.45, 7) is 40.5. The van der Waals surface area contributed by atoms with E-state index in [9.17, 15) is 73.8 Å². The first-order valence-corrected chi connectivity index (χ1v) is 42.8. The van der Waals surface area contributed by atoms with E-state index in [1.165, 1.54) is 0 Å². The minimum absolute atomic E-state index is 0. The summed E-state index contributed by atoms with van der Waals surface area (Å²) in [5.41, 5.74) is 23.9. The number of carbonyl (C=O) groups excluding carboxylic acids is 9. The van der Waals surface area contributed by atoms with Gasteiger partial charge in [-0.2, -0.15) is 19.3 Å². The van der Waals surface area contributed by atoms with E-state index in [2.05, 4.69) is 34.7 Å². The van der Waals surface area contributed by atoms with Crippen LogP contribution in [-0.2, 0) is 101 Å². The van der Waals surface area contributed by atoms with E-state index >= 15 is 0 Å². The Balaban J connectivity index is -0.00000197. The number of aliphatic carboxylic acids is 3. The number of carboxylic acids is 6. The second kappa shape index (κ2) is 62.7. The van der Waals surface area contributed by atoms with E-state index in [1.807, 2.05) is 138 Å². The van der Waals surface area contributed by atoms with Crippen molar-refractivity contribution in [3.8, 4) is 0 Å². The Morgan fingerprint density at radius 3 is 0.736 bits per heavy atom. The first-order chi connectivity index (χ1) is 61.5. The molecule has 9 aromatic heterocycles. The molecule has 15 rings (SSSR count). The smallest absolute Gasteiger partial charge is 0.657 e. The van der Waals surface area contributed by atoms with Crippen LogP contribution in [0.3, 0.4) is 0 Å². The van der Waals surface area contributed by atoms with Gasteiger partial charge in [-0.3, -0.25) is 33.8 Å². The van der Waals surface area contributed by atoms with Gasteiger partial charge in [-0.25, -0.2) is 15.0 Å². The molecule has 30 nitrogen and oxygen atoms in total. The third-order valence-electron chi connectivity index (χ3n) is 26.0. The monoisotopic (exact) mass is 2130 g/mol. The predicted molar refractivity (Wildman–Crippen MR) is 502 cm³/mol. The van der Waals surface area contributed by atoms with Crippen LogP contribution in [0.5, 0.6) is 0 Å². The molecule has 0 amide bonds. The van der Waals surface area contributed by atoms with E-state index in [1.54, 1.807) is 57.2 Å². The maximum Gasteiger partial charge on any atom is 2.00 e. The Hall–Kier alpha value is -3.58. The van der Waals surface area contributed by atoms with Crippen LogP contribution in [0.25, 0.3) is 118 Å². The summed E-state index contributed by atoms with van der Waals surface area (Å²) in [7, 11) is 0. The summed E-state index contributed by atoms with van der Waals surface area (Å²) in [6, 6.07) is 16.5. The van der Waals surface area contributed by atoms with Crippen LogP contribution in [0.2, 0.25) is 0 Å². The number of hydrogen-bond donors (Lipinski definition) is 0. The molecule has 6 atom stereocenters. The van der Waals surface area contributed by atoms with Crippen LogP contribution < -0.4 is 327 Å². The van der Waals surface area contributed by atoms with Gasteiger partial charge in [0.2, 0.25) is 0 Å². The normalized spacial score (nSPS) is 14.7. The van der Waals surface area contributed by atoms with Crippen LogP contribution in [0, 0.1) is 41.5 Å². The molecule has 9 aromatic rings.